The molecule has 1 fully saturated rings. The first-order valence-corrected chi connectivity index (χ1v) is 11.4. The van der Waals surface area contributed by atoms with E-state index in [9.17, 15) is 27.6 Å². The summed E-state index contributed by atoms with van der Waals surface area (Å²) in [6.07, 6.45) is 1.09. The molecular weight excluding hydrogens is 495 g/mol. The number of hydrogen-bond acceptors (Lipinski definition) is 4. The van der Waals surface area contributed by atoms with E-state index in [1.807, 2.05) is 7.05 Å². The number of terminal acetylenes is 1. The number of alkyl halides is 3. The number of benzene rings is 2. The number of carbonyl (C=O) groups excluding carboxylic acids is 3. The Morgan fingerprint density at radius 3 is 2.28 bits per heavy atom. The van der Waals surface area contributed by atoms with E-state index in [4.69, 9.17) is 11.6 Å². The lowest BCUT2D eigenvalue weighted by Gasteiger charge is -2.21. The molecule has 3 rings (SSSR count). The Labute approximate surface area is 214 Å². The van der Waals surface area contributed by atoms with Gasteiger partial charge in [-0.2, -0.15) is 13.2 Å². The third-order valence-corrected chi connectivity index (χ3v) is 5.42. The lowest BCUT2D eigenvalue weighted by molar-refractivity contribution is -0.137. The van der Waals surface area contributed by atoms with Crippen LogP contribution >= 0.6 is 11.6 Å². The summed E-state index contributed by atoms with van der Waals surface area (Å²) in [5, 5.41) is 8.21. The van der Waals surface area contributed by atoms with Crippen molar-refractivity contribution in [2.75, 3.05) is 13.6 Å². The molecule has 1 saturated carbocycles. The normalized spacial score (nSPS) is 12.9. The molecular formula is C26H29ClF3N3O3. The predicted molar refractivity (Wildman–Crippen MR) is 133 cm³/mol. The summed E-state index contributed by atoms with van der Waals surface area (Å²) in [5.74, 6) is 0.918. The van der Waals surface area contributed by atoms with Crippen LogP contribution in [0, 0.1) is 12.3 Å². The summed E-state index contributed by atoms with van der Waals surface area (Å²) in [5.41, 5.74) is -0.892. The third kappa shape index (κ3) is 9.02. The highest BCUT2D eigenvalue weighted by atomic mass is 35.5. The molecule has 6 nitrogen and oxygen atoms in total. The van der Waals surface area contributed by atoms with E-state index in [1.54, 1.807) is 25.1 Å². The molecule has 0 radical (unpaired) electrons. The molecule has 0 aliphatic heterocycles. The van der Waals surface area contributed by atoms with Gasteiger partial charge < -0.3 is 16.0 Å². The van der Waals surface area contributed by atoms with Crippen molar-refractivity contribution < 1.29 is 27.6 Å². The Kier molecular flexibility index (Phi) is 12.2. The average molecular weight is 524 g/mol. The van der Waals surface area contributed by atoms with Gasteiger partial charge in [-0.05, 0) is 68.8 Å². The Bertz CT molecular complexity index is 1090. The van der Waals surface area contributed by atoms with Crippen molar-refractivity contribution in [1.82, 2.24) is 16.0 Å². The number of halogens is 4. The molecule has 2 amide bonds. The van der Waals surface area contributed by atoms with Crippen LogP contribution in [-0.4, -0.2) is 31.7 Å². The van der Waals surface area contributed by atoms with Crippen molar-refractivity contribution in [2.24, 2.45) is 0 Å². The van der Waals surface area contributed by atoms with Gasteiger partial charge in [-0.1, -0.05) is 36.7 Å². The van der Waals surface area contributed by atoms with Crippen molar-refractivity contribution in [3.63, 3.8) is 0 Å². The summed E-state index contributed by atoms with van der Waals surface area (Å²) in [4.78, 5) is 34.4. The highest BCUT2D eigenvalue weighted by molar-refractivity contribution is 6.31. The van der Waals surface area contributed by atoms with Crippen molar-refractivity contribution >= 4 is 29.7 Å². The Morgan fingerprint density at radius 2 is 1.78 bits per heavy atom. The second kappa shape index (κ2) is 14.3. The largest absolute Gasteiger partial charge is 0.416 e. The van der Waals surface area contributed by atoms with Gasteiger partial charge in [-0.3, -0.25) is 14.4 Å². The number of nitrogens with one attached hydrogen (secondary N) is 3. The van der Waals surface area contributed by atoms with Crippen molar-refractivity contribution in [2.45, 2.75) is 44.9 Å². The summed E-state index contributed by atoms with van der Waals surface area (Å²) in [7, 11) is 1.93. The van der Waals surface area contributed by atoms with Gasteiger partial charge in [0.1, 0.15) is 0 Å². The summed E-state index contributed by atoms with van der Waals surface area (Å²) in [6.45, 7) is 4.75. The minimum Gasteiger partial charge on any atom is -0.346 e. The fourth-order valence-electron chi connectivity index (χ4n) is 3.06. The fourth-order valence-corrected chi connectivity index (χ4v) is 3.36. The second-order valence-corrected chi connectivity index (χ2v) is 8.12. The fraction of sp³-hybridized carbons (Fsp3) is 0.346. The molecule has 0 spiro atoms. The van der Waals surface area contributed by atoms with E-state index in [0.717, 1.165) is 18.7 Å². The lowest BCUT2D eigenvalue weighted by Crippen LogP contribution is -2.36. The van der Waals surface area contributed by atoms with E-state index < -0.39 is 29.1 Å². The van der Waals surface area contributed by atoms with Crippen LogP contribution in [0.3, 0.4) is 0 Å². The molecule has 0 aromatic heterocycles. The Balaban J connectivity index is 0.000000825. The van der Waals surface area contributed by atoms with E-state index >= 15 is 0 Å². The summed E-state index contributed by atoms with van der Waals surface area (Å²) >= 11 is 6.13. The smallest absolute Gasteiger partial charge is 0.346 e. The van der Waals surface area contributed by atoms with Crippen molar-refractivity contribution in [3.05, 3.63) is 69.7 Å². The minimum atomic E-state index is -4.52. The van der Waals surface area contributed by atoms with Gasteiger partial charge in [0.05, 0.1) is 11.1 Å². The molecule has 2 aromatic carbocycles. The van der Waals surface area contributed by atoms with Gasteiger partial charge in [-0.25, -0.2) is 0 Å². The molecule has 2 aromatic rings. The third-order valence-electron chi connectivity index (χ3n) is 5.09. The van der Waals surface area contributed by atoms with Crippen LogP contribution in [0.4, 0.5) is 13.2 Å². The van der Waals surface area contributed by atoms with Crippen molar-refractivity contribution in [1.29, 1.82) is 0 Å². The molecule has 0 bridgehead atoms. The lowest BCUT2D eigenvalue weighted by atomic mass is 10.00. The topological polar surface area (TPSA) is 87.3 Å². The van der Waals surface area contributed by atoms with Gasteiger partial charge in [0.15, 0.2) is 0 Å². The Hall–Kier alpha value is -3.35. The molecule has 0 atom stereocenters. The molecule has 0 unspecified atom stereocenters. The van der Waals surface area contributed by atoms with Crippen LogP contribution in [0.25, 0.3) is 0 Å². The maximum atomic E-state index is 13.1. The van der Waals surface area contributed by atoms with E-state index in [1.165, 1.54) is 12.1 Å². The zero-order chi connectivity index (χ0) is 27.4. The van der Waals surface area contributed by atoms with Crippen LogP contribution < -0.4 is 16.0 Å². The van der Waals surface area contributed by atoms with Crippen LogP contribution in [0.15, 0.2) is 42.5 Å². The first kappa shape index (κ1) is 30.7. The van der Waals surface area contributed by atoms with Crippen molar-refractivity contribution in [3.8, 4) is 12.3 Å². The summed E-state index contributed by atoms with van der Waals surface area (Å²) in [6, 6.07) is 9.46. The molecule has 1 aliphatic rings. The highest BCUT2D eigenvalue weighted by Gasteiger charge is 2.48. The van der Waals surface area contributed by atoms with Crippen LogP contribution in [0.5, 0.6) is 0 Å². The SMILES string of the molecule is C#CC.CCNC.O=CC(=O)NCc1ccccc1C(=O)NC1(c2cc(C(F)(F)F)ccc2Cl)CC1. The number of rotatable bonds is 7. The number of aldehydes is 1. The standard InChI is InChI=1S/C20H16ClF3N2O3.C3H9N.C3H4/c21-16-6-5-13(20(22,23)24)9-15(16)19(7-8-19)26-18(29)14-4-2-1-3-12(14)10-25-17(28)11-27;1-3-4-2;1-3-2/h1-6,9,11H,7-8,10H2,(H,25,28)(H,26,29);4H,3H2,1-2H3;1H,2H3. The first-order valence-electron chi connectivity index (χ1n) is 11.0. The van der Waals surface area contributed by atoms with E-state index in [0.29, 0.717) is 18.4 Å². The van der Waals surface area contributed by atoms with Crippen LogP contribution in [0.1, 0.15) is 53.7 Å². The van der Waals surface area contributed by atoms with Gasteiger partial charge in [0, 0.05) is 17.1 Å². The van der Waals surface area contributed by atoms with Gasteiger partial charge in [0.25, 0.3) is 11.8 Å². The zero-order valence-corrected chi connectivity index (χ0v) is 21.0. The molecule has 10 heteroatoms. The van der Waals surface area contributed by atoms with Crippen LogP contribution in [0.2, 0.25) is 5.02 Å². The maximum absolute atomic E-state index is 13.1. The van der Waals surface area contributed by atoms with E-state index in [-0.39, 0.29) is 29.0 Å². The van der Waals surface area contributed by atoms with Gasteiger partial charge >= 0.3 is 6.18 Å². The quantitative estimate of drug-likeness (QED) is 0.284. The van der Waals surface area contributed by atoms with Crippen LogP contribution in [-0.2, 0) is 27.8 Å². The molecule has 1 aliphatic carbocycles. The van der Waals surface area contributed by atoms with E-state index in [2.05, 4.69) is 35.2 Å². The second-order valence-electron chi connectivity index (χ2n) is 7.72. The highest BCUT2D eigenvalue weighted by Crippen LogP contribution is 2.49. The average Bonchev–Trinajstić information content (AvgIpc) is 3.63. The molecule has 36 heavy (non-hydrogen) atoms. The monoisotopic (exact) mass is 523 g/mol. The predicted octanol–water partition coefficient (Wildman–Crippen LogP) is 4.46. The molecule has 194 valence electrons. The summed E-state index contributed by atoms with van der Waals surface area (Å²) < 4.78 is 39.2. The molecule has 0 saturated heterocycles. The van der Waals surface area contributed by atoms with Gasteiger partial charge in [-0.15, -0.1) is 12.3 Å². The Morgan fingerprint density at radius 1 is 1.19 bits per heavy atom. The molecule has 0 heterocycles. The number of amides is 2. The number of carbonyl (C=O) groups is 3. The molecule has 3 N–H and O–H groups in total. The maximum Gasteiger partial charge on any atom is 0.416 e. The first-order chi connectivity index (χ1) is 17.0. The zero-order valence-electron chi connectivity index (χ0n) is 20.3. The van der Waals surface area contributed by atoms with Gasteiger partial charge in [0.2, 0.25) is 6.29 Å². The minimum absolute atomic E-state index is 0.0432. The number of hydrogen-bond donors (Lipinski definition) is 3.